The molecule has 0 heterocycles. The van der Waals surface area contributed by atoms with Crippen LogP contribution in [-0.2, 0) is 10.0 Å². The topological polar surface area (TPSA) is 75.3 Å². The van der Waals surface area contributed by atoms with Crippen molar-refractivity contribution in [2.75, 3.05) is 11.3 Å². The monoisotopic (exact) mass is 384 g/mol. The van der Waals surface area contributed by atoms with Gasteiger partial charge in [-0.15, -0.1) is 6.58 Å². The van der Waals surface area contributed by atoms with Crippen LogP contribution in [0.5, 0.6) is 0 Å². The van der Waals surface area contributed by atoms with E-state index in [1.165, 1.54) is 36.4 Å². The molecule has 0 saturated carbocycles. The molecule has 0 spiro atoms. The van der Waals surface area contributed by atoms with Crippen LogP contribution in [0.2, 0.25) is 10.0 Å². The number of carbonyl (C=O) groups is 1. The van der Waals surface area contributed by atoms with Gasteiger partial charge in [0.25, 0.3) is 15.9 Å². The van der Waals surface area contributed by atoms with E-state index in [-0.39, 0.29) is 22.0 Å². The van der Waals surface area contributed by atoms with Gasteiger partial charge in [0.05, 0.1) is 15.5 Å². The summed E-state index contributed by atoms with van der Waals surface area (Å²) < 4.78 is 27.3. The van der Waals surface area contributed by atoms with Crippen molar-refractivity contribution in [1.82, 2.24) is 5.32 Å². The molecule has 24 heavy (non-hydrogen) atoms. The first-order chi connectivity index (χ1) is 11.3. The summed E-state index contributed by atoms with van der Waals surface area (Å²) >= 11 is 11.8. The summed E-state index contributed by atoms with van der Waals surface area (Å²) in [5.74, 6) is -0.483. The smallest absolute Gasteiger partial charge is 0.261 e. The Hall–Kier alpha value is -2.02. The van der Waals surface area contributed by atoms with Gasteiger partial charge in [-0.05, 0) is 42.5 Å². The van der Waals surface area contributed by atoms with Crippen LogP contribution in [0.15, 0.2) is 60.0 Å². The number of carbonyl (C=O) groups excluding carboxylic acids is 1. The molecule has 5 nitrogen and oxygen atoms in total. The van der Waals surface area contributed by atoms with E-state index >= 15 is 0 Å². The SMILES string of the molecule is C=CCNC(=O)c1cc(S(=O)(=O)Nc2ccc(Cl)cc2)ccc1Cl. The first-order valence-electron chi connectivity index (χ1n) is 6.80. The van der Waals surface area contributed by atoms with Gasteiger partial charge in [0.15, 0.2) is 0 Å². The van der Waals surface area contributed by atoms with Gasteiger partial charge >= 0.3 is 0 Å². The summed E-state index contributed by atoms with van der Waals surface area (Å²) in [5.41, 5.74) is 0.421. The minimum Gasteiger partial charge on any atom is -0.349 e. The number of nitrogens with one attached hydrogen (secondary N) is 2. The molecule has 0 aromatic heterocycles. The Morgan fingerprint density at radius 2 is 1.79 bits per heavy atom. The van der Waals surface area contributed by atoms with Gasteiger partial charge < -0.3 is 5.32 Å². The molecule has 2 N–H and O–H groups in total. The average Bonchev–Trinajstić information content (AvgIpc) is 2.54. The second-order valence-corrected chi connectivity index (χ2v) is 7.28. The Labute approximate surface area is 150 Å². The maximum atomic E-state index is 12.5. The highest BCUT2D eigenvalue weighted by Crippen LogP contribution is 2.23. The molecule has 0 radical (unpaired) electrons. The lowest BCUT2D eigenvalue weighted by atomic mass is 10.2. The van der Waals surface area contributed by atoms with Crippen molar-refractivity contribution in [3.05, 3.63) is 70.7 Å². The second-order valence-electron chi connectivity index (χ2n) is 4.75. The summed E-state index contributed by atoms with van der Waals surface area (Å²) in [4.78, 5) is 11.9. The minimum absolute atomic E-state index is 0.0671. The van der Waals surface area contributed by atoms with Crippen LogP contribution in [-0.4, -0.2) is 20.9 Å². The molecule has 126 valence electrons. The molecule has 8 heteroatoms. The highest BCUT2D eigenvalue weighted by molar-refractivity contribution is 7.92. The van der Waals surface area contributed by atoms with Crippen molar-refractivity contribution in [2.45, 2.75) is 4.90 Å². The minimum atomic E-state index is -3.87. The van der Waals surface area contributed by atoms with E-state index in [1.807, 2.05) is 0 Å². The largest absolute Gasteiger partial charge is 0.349 e. The number of hydrogen-bond donors (Lipinski definition) is 2. The molecule has 1 amide bonds. The van der Waals surface area contributed by atoms with Gasteiger partial charge in [0.2, 0.25) is 0 Å². The predicted molar refractivity (Wildman–Crippen MR) is 96.2 cm³/mol. The van der Waals surface area contributed by atoms with Crippen LogP contribution in [0, 0.1) is 0 Å². The van der Waals surface area contributed by atoms with E-state index in [1.54, 1.807) is 12.1 Å². The Balaban J connectivity index is 2.31. The number of hydrogen-bond acceptors (Lipinski definition) is 3. The summed E-state index contributed by atoms with van der Waals surface area (Å²) in [5, 5.41) is 3.20. The number of halogens is 2. The van der Waals surface area contributed by atoms with Crippen molar-refractivity contribution in [1.29, 1.82) is 0 Å². The molecule has 2 rings (SSSR count). The molecule has 0 fully saturated rings. The van der Waals surface area contributed by atoms with Crippen LogP contribution >= 0.6 is 23.2 Å². The number of benzene rings is 2. The lowest BCUT2D eigenvalue weighted by Gasteiger charge is -2.11. The maximum Gasteiger partial charge on any atom is 0.261 e. The molecule has 0 aliphatic carbocycles. The fraction of sp³-hybridized carbons (Fsp3) is 0.0625. The summed E-state index contributed by atoms with van der Waals surface area (Å²) in [6, 6.07) is 10.1. The van der Waals surface area contributed by atoms with E-state index in [2.05, 4.69) is 16.6 Å². The van der Waals surface area contributed by atoms with Crippen LogP contribution < -0.4 is 10.0 Å². The highest BCUT2D eigenvalue weighted by Gasteiger charge is 2.18. The summed E-state index contributed by atoms with van der Waals surface area (Å²) in [6.07, 6.45) is 1.51. The van der Waals surface area contributed by atoms with E-state index in [0.29, 0.717) is 10.7 Å². The van der Waals surface area contributed by atoms with E-state index in [9.17, 15) is 13.2 Å². The molecule has 0 aliphatic rings. The third kappa shape index (κ3) is 4.50. The molecule has 0 bridgehead atoms. The van der Waals surface area contributed by atoms with E-state index < -0.39 is 15.9 Å². The van der Waals surface area contributed by atoms with Crippen molar-refractivity contribution in [3.8, 4) is 0 Å². The quantitative estimate of drug-likeness (QED) is 0.745. The Morgan fingerprint density at radius 1 is 1.12 bits per heavy atom. The molecule has 2 aromatic rings. The van der Waals surface area contributed by atoms with Gasteiger partial charge in [-0.2, -0.15) is 0 Å². The van der Waals surface area contributed by atoms with Crippen LogP contribution in [0.3, 0.4) is 0 Å². The number of anilines is 1. The Bertz CT molecular complexity index is 865. The van der Waals surface area contributed by atoms with E-state index in [0.717, 1.165) is 0 Å². The molecular weight excluding hydrogens is 371 g/mol. The van der Waals surface area contributed by atoms with Crippen molar-refractivity contribution < 1.29 is 13.2 Å². The van der Waals surface area contributed by atoms with Gasteiger partial charge in [0.1, 0.15) is 0 Å². The molecule has 0 atom stereocenters. The first kappa shape index (κ1) is 18.3. The van der Waals surface area contributed by atoms with Crippen LogP contribution in [0.1, 0.15) is 10.4 Å². The van der Waals surface area contributed by atoms with Gasteiger partial charge in [-0.3, -0.25) is 9.52 Å². The van der Waals surface area contributed by atoms with Crippen LogP contribution in [0.25, 0.3) is 0 Å². The normalized spacial score (nSPS) is 10.9. The summed E-state index contributed by atoms with van der Waals surface area (Å²) in [7, 11) is -3.87. The number of amides is 1. The Kier molecular flexibility index (Phi) is 5.88. The van der Waals surface area contributed by atoms with Gasteiger partial charge in [0, 0.05) is 17.3 Å². The fourth-order valence-corrected chi connectivity index (χ4v) is 3.25. The highest BCUT2D eigenvalue weighted by atomic mass is 35.5. The number of rotatable bonds is 6. The molecule has 0 unspecified atom stereocenters. The van der Waals surface area contributed by atoms with Crippen molar-refractivity contribution in [3.63, 3.8) is 0 Å². The molecule has 0 saturated heterocycles. The maximum absolute atomic E-state index is 12.5. The Morgan fingerprint density at radius 3 is 2.42 bits per heavy atom. The predicted octanol–water partition coefficient (Wildman–Crippen LogP) is 3.71. The first-order valence-corrected chi connectivity index (χ1v) is 9.04. The average molecular weight is 385 g/mol. The van der Waals surface area contributed by atoms with E-state index in [4.69, 9.17) is 23.2 Å². The zero-order chi connectivity index (χ0) is 17.7. The summed E-state index contributed by atoms with van der Waals surface area (Å²) in [6.45, 7) is 3.74. The molecular formula is C16H14Cl2N2O3S. The zero-order valence-electron chi connectivity index (χ0n) is 12.4. The van der Waals surface area contributed by atoms with Gasteiger partial charge in [-0.25, -0.2) is 8.42 Å². The molecule has 2 aromatic carbocycles. The number of sulfonamides is 1. The van der Waals surface area contributed by atoms with Crippen LogP contribution in [0.4, 0.5) is 5.69 Å². The molecule has 0 aliphatic heterocycles. The van der Waals surface area contributed by atoms with Crippen molar-refractivity contribution in [2.24, 2.45) is 0 Å². The fourth-order valence-electron chi connectivity index (χ4n) is 1.84. The third-order valence-electron chi connectivity index (χ3n) is 3.00. The zero-order valence-corrected chi connectivity index (χ0v) is 14.8. The lowest BCUT2D eigenvalue weighted by Crippen LogP contribution is -2.24. The van der Waals surface area contributed by atoms with Crippen molar-refractivity contribution >= 4 is 44.8 Å². The lowest BCUT2D eigenvalue weighted by molar-refractivity contribution is 0.0958. The third-order valence-corrected chi connectivity index (χ3v) is 4.96. The second kappa shape index (κ2) is 7.70. The van der Waals surface area contributed by atoms with Gasteiger partial charge in [-0.1, -0.05) is 29.3 Å². The standard InChI is InChI=1S/C16H14Cl2N2O3S/c1-2-9-19-16(21)14-10-13(7-8-15(14)18)24(22,23)20-12-5-3-11(17)4-6-12/h2-8,10,20H,1,9H2,(H,19,21).